The first-order chi connectivity index (χ1) is 7.27. The van der Waals surface area contributed by atoms with Crippen molar-refractivity contribution in [3.05, 3.63) is 28.8 Å². The van der Waals surface area contributed by atoms with Gasteiger partial charge >= 0.3 is 0 Å². The van der Waals surface area contributed by atoms with Crippen molar-refractivity contribution in [1.29, 1.82) is 5.26 Å². The molecule has 1 rings (SSSR count). The molecule has 80 valence electrons. The molecule has 0 aliphatic heterocycles. The monoisotopic (exact) mass is 240 g/mol. The lowest BCUT2D eigenvalue weighted by Crippen LogP contribution is -2.03. The highest BCUT2D eigenvalue weighted by Gasteiger charge is 2.01. The number of benzene rings is 1. The van der Waals surface area contributed by atoms with Gasteiger partial charge in [-0.05, 0) is 36.6 Å². The van der Waals surface area contributed by atoms with Crippen LogP contribution < -0.4 is 5.32 Å². The fourth-order valence-electron chi connectivity index (χ4n) is 1.20. The molecule has 0 fully saturated rings. The molecule has 0 saturated heterocycles. The third-order valence-electron chi connectivity index (χ3n) is 1.94. The Morgan fingerprint density at radius 2 is 2.33 bits per heavy atom. The maximum atomic E-state index is 8.89. The van der Waals surface area contributed by atoms with Crippen molar-refractivity contribution in [3.63, 3.8) is 0 Å². The highest BCUT2D eigenvalue weighted by atomic mass is 35.5. The van der Waals surface area contributed by atoms with Crippen LogP contribution in [0.4, 0.5) is 5.69 Å². The molecule has 0 atom stereocenters. The molecule has 4 heteroatoms. The van der Waals surface area contributed by atoms with Crippen molar-refractivity contribution in [2.24, 2.45) is 0 Å². The minimum atomic E-state index is 0.598. The fourth-order valence-corrected chi connectivity index (χ4v) is 1.81. The zero-order chi connectivity index (χ0) is 11.1. The Labute approximate surface area is 99.6 Å². The minimum absolute atomic E-state index is 0.598. The van der Waals surface area contributed by atoms with Crippen LogP contribution in [0.3, 0.4) is 0 Å². The Balaban J connectivity index is 2.57. The van der Waals surface area contributed by atoms with Gasteiger partial charge in [0.2, 0.25) is 0 Å². The number of halogens is 1. The van der Waals surface area contributed by atoms with E-state index < -0.39 is 0 Å². The van der Waals surface area contributed by atoms with E-state index in [1.807, 2.05) is 17.8 Å². The van der Waals surface area contributed by atoms with Crippen LogP contribution in [0, 0.1) is 11.3 Å². The number of nitriles is 1. The van der Waals surface area contributed by atoms with Crippen molar-refractivity contribution in [1.82, 2.24) is 0 Å². The number of rotatable bonds is 5. The van der Waals surface area contributed by atoms with Crippen molar-refractivity contribution < 1.29 is 0 Å². The van der Waals surface area contributed by atoms with Crippen LogP contribution in [0.2, 0.25) is 5.02 Å². The molecule has 1 N–H and O–H groups in total. The molecule has 0 radical (unpaired) electrons. The summed E-state index contributed by atoms with van der Waals surface area (Å²) in [7, 11) is 0. The van der Waals surface area contributed by atoms with E-state index in [4.69, 9.17) is 16.9 Å². The molecule has 1 aromatic rings. The van der Waals surface area contributed by atoms with E-state index in [9.17, 15) is 0 Å². The lowest BCUT2D eigenvalue weighted by molar-refractivity contribution is 0.992. The molecule has 0 aliphatic carbocycles. The Bertz CT molecular complexity index is 360. The quantitative estimate of drug-likeness (QED) is 0.802. The average Bonchev–Trinajstić information content (AvgIpc) is 2.26. The average molecular weight is 241 g/mol. The zero-order valence-corrected chi connectivity index (χ0v) is 10.2. The Morgan fingerprint density at radius 3 is 3.00 bits per heavy atom. The molecule has 0 aromatic heterocycles. The number of anilines is 1. The van der Waals surface area contributed by atoms with E-state index in [1.54, 1.807) is 12.1 Å². The van der Waals surface area contributed by atoms with Crippen molar-refractivity contribution in [2.75, 3.05) is 23.9 Å². The van der Waals surface area contributed by atoms with Crippen LogP contribution in [0.5, 0.6) is 0 Å². The first-order valence-electron chi connectivity index (χ1n) is 4.70. The molecule has 0 heterocycles. The maximum Gasteiger partial charge on any atom is 0.101 e. The van der Waals surface area contributed by atoms with Gasteiger partial charge in [-0.25, -0.2) is 0 Å². The number of nitrogens with zero attached hydrogens (tertiary/aromatic N) is 1. The van der Waals surface area contributed by atoms with Gasteiger partial charge in [-0.3, -0.25) is 0 Å². The lowest BCUT2D eigenvalue weighted by atomic mass is 10.2. The molecule has 1 aromatic carbocycles. The summed E-state index contributed by atoms with van der Waals surface area (Å²) in [6.07, 6.45) is 3.18. The molecule has 2 nitrogen and oxygen atoms in total. The van der Waals surface area contributed by atoms with E-state index in [0.29, 0.717) is 10.6 Å². The van der Waals surface area contributed by atoms with Crippen LogP contribution in [-0.4, -0.2) is 18.6 Å². The first kappa shape index (κ1) is 12.2. The van der Waals surface area contributed by atoms with E-state index in [2.05, 4.69) is 17.6 Å². The largest absolute Gasteiger partial charge is 0.384 e. The van der Waals surface area contributed by atoms with E-state index >= 15 is 0 Å². The third-order valence-corrected chi connectivity index (χ3v) is 2.87. The van der Waals surface area contributed by atoms with Crippen LogP contribution in [0.15, 0.2) is 18.2 Å². The van der Waals surface area contributed by atoms with Gasteiger partial charge in [-0.2, -0.15) is 17.0 Å². The number of hydrogen-bond donors (Lipinski definition) is 1. The van der Waals surface area contributed by atoms with E-state index in [0.717, 1.165) is 24.4 Å². The lowest BCUT2D eigenvalue weighted by Gasteiger charge is -2.07. The molecule has 0 bridgehead atoms. The summed E-state index contributed by atoms with van der Waals surface area (Å²) >= 11 is 7.62. The molecule has 0 saturated carbocycles. The standard InChI is InChI=1S/C11H13ClN2S/c1-15-6-2-5-14-11-4-3-10(12)7-9(11)8-13/h3-4,7,14H,2,5-6H2,1H3. The summed E-state index contributed by atoms with van der Waals surface area (Å²) in [4.78, 5) is 0. The van der Waals surface area contributed by atoms with Gasteiger partial charge in [0.05, 0.1) is 11.3 Å². The van der Waals surface area contributed by atoms with Gasteiger partial charge < -0.3 is 5.32 Å². The second kappa shape index (κ2) is 6.60. The van der Waals surface area contributed by atoms with Gasteiger partial charge in [-0.15, -0.1) is 0 Å². The first-order valence-corrected chi connectivity index (χ1v) is 6.47. The molecule has 0 amide bonds. The van der Waals surface area contributed by atoms with Crippen LogP contribution in [0.25, 0.3) is 0 Å². The predicted octanol–water partition coefficient (Wildman–Crippen LogP) is 3.38. The normalized spacial score (nSPS) is 9.67. The summed E-state index contributed by atoms with van der Waals surface area (Å²) in [5, 5.41) is 12.7. The van der Waals surface area contributed by atoms with Gasteiger partial charge in [0.15, 0.2) is 0 Å². The van der Waals surface area contributed by atoms with Crippen molar-refractivity contribution in [2.45, 2.75) is 6.42 Å². The molecular formula is C11H13ClN2S. The summed E-state index contributed by atoms with van der Waals surface area (Å²) in [5.41, 5.74) is 1.47. The minimum Gasteiger partial charge on any atom is -0.384 e. The van der Waals surface area contributed by atoms with E-state index in [-0.39, 0.29) is 0 Å². The second-order valence-corrected chi connectivity index (χ2v) is 4.50. The number of thioether (sulfide) groups is 1. The maximum absolute atomic E-state index is 8.89. The third kappa shape index (κ3) is 4.03. The molecular weight excluding hydrogens is 228 g/mol. The van der Waals surface area contributed by atoms with Crippen LogP contribution in [0.1, 0.15) is 12.0 Å². The van der Waals surface area contributed by atoms with Gasteiger partial charge in [-0.1, -0.05) is 11.6 Å². The Morgan fingerprint density at radius 1 is 1.53 bits per heavy atom. The molecule has 0 unspecified atom stereocenters. The molecule has 0 spiro atoms. The van der Waals surface area contributed by atoms with E-state index in [1.165, 1.54) is 0 Å². The summed E-state index contributed by atoms with van der Waals surface area (Å²) < 4.78 is 0. The Kier molecular flexibility index (Phi) is 5.38. The number of nitrogens with one attached hydrogen (secondary N) is 1. The topological polar surface area (TPSA) is 35.8 Å². The van der Waals surface area contributed by atoms with Crippen LogP contribution >= 0.6 is 23.4 Å². The number of hydrogen-bond acceptors (Lipinski definition) is 3. The van der Waals surface area contributed by atoms with Gasteiger partial charge in [0, 0.05) is 11.6 Å². The fraction of sp³-hybridized carbons (Fsp3) is 0.364. The summed E-state index contributed by atoms with van der Waals surface area (Å²) in [6.45, 7) is 0.886. The predicted molar refractivity (Wildman–Crippen MR) is 67.7 cm³/mol. The smallest absolute Gasteiger partial charge is 0.101 e. The summed E-state index contributed by atoms with van der Waals surface area (Å²) in [5.74, 6) is 1.13. The Hall–Kier alpha value is -0.850. The summed E-state index contributed by atoms with van der Waals surface area (Å²) in [6, 6.07) is 7.44. The van der Waals surface area contributed by atoms with Gasteiger partial charge in [0.25, 0.3) is 0 Å². The SMILES string of the molecule is CSCCCNc1ccc(Cl)cc1C#N. The van der Waals surface area contributed by atoms with Crippen molar-refractivity contribution in [3.8, 4) is 6.07 Å². The molecule has 15 heavy (non-hydrogen) atoms. The van der Waals surface area contributed by atoms with Crippen molar-refractivity contribution >= 4 is 29.1 Å². The highest BCUT2D eigenvalue weighted by Crippen LogP contribution is 2.19. The highest BCUT2D eigenvalue weighted by molar-refractivity contribution is 7.98. The van der Waals surface area contributed by atoms with Crippen LogP contribution in [-0.2, 0) is 0 Å². The molecule has 0 aliphatic rings. The van der Waals surface area contributed by atoms with Gasteiger partial charge in [0.1, 0.15) is 6.07 Å². The second-order valence-electron chi connectivity index (χ2n) is 3.07. The zero-order valence-electron chi connectivity index (χ0n) is 8.59.